The lowest BCUT2D eigenvalue weighted by molar-refractivity contribution is 0.00337. The van der Waals surface area contributed by atoms with E-state index < -0.39 is 15.8 Å². The highest BCUT2D eigenvalue weighted by Gasteiger charge is 2.45. The molecule has 0 bridgehead atoms. The van der Waals surface area contributed by atoms with Crippen molar-refractivity contribution in [1.29, 1.82) is 0 Å². The van der Waals surface area contributed by atoms with Crippen LogP contribution in [0.25, 0.3) is 0 Å². The molecule has 1 aromatic heterocycles. The molecule has 10 nitrogen and oxygen atoms in total. The van der Waals surface area contributed by atoms with Gasteiger partial charge in [0.05, 0.1) is 35.3 Å². The summed E-state index contributed by atoms with van der Waals surface area (Å²) in [5, 5.41) is 15.8. The number of benzene rings is 1. The van der Waals surface area contributed by atoms with Crippen molar-refractivity contribution in [3.05, 3.63) is 42.0 Å². The van der Waals surface area contributed by atoms with Gasteiger partial charge < -0.3 is 34.8 Å². The van der Waals surface area contributed by atoms with E-state index in [1.54, 1.807) is 6.07 Å². The van der Waals surface area contributed by atoms with Gasteiger partial charge in [0.25, 0.3) is 5.91 Å². The number of morpholine rings is 1. The first-order valence-electron chi connectivity index (χ1n) is 13.9. The van der Waals surface area contributed by atoms with E-state index in [-0.39, 0.29) is 18.6 Å². The second-order valence-electron chi connectivity index (χ2n) is 11.4. The van der Waals surface area contributed by atoms with Gasteiger partial charge in [0, 0.05) is 38.4 Å². The molecule has 39 heavy (non-hydrogen) atoms. The zero-order chi connectivity index (χ0) is 27.0. The van der Waals surface area contributed by atoms with Gasteiger partial charge in [-0.25, -0.2) is 4.98 Å². The zero-order valence-electron chi connectivity index (χ0n) is 22.1. The number of rotatable bonds is 9. The number of aromatic nitrogens is 1. The van der Waals surface area contributed by atoms with Crippen molar-refractivity contribution < 1.29 is 23.4 Å². The smallest absolute Gasteiger partial charge is 0.258 e. The Kier molecular flexibility index (Phi) is 7.26. The topological polar surface area (TPSA) is 130 Å². The lowest BCUT2D eigenvalue weighted by Gasteiger charge is -2.35. The summed E-state index contributed by atoms with van der Waals surface area (Å²) in [6, 6.07) is 11.2. The van der Waals surface area contributed by atoms with Gasteiger partial charge in [0.1, 0.15) is 11.6 Å². The Morgan fingerprint density at radius 3 is 2.59 bits per heavy atom. The largest absolute Gasteiger partial charge is 0.772 e. The van der Waals surface area contributed by atoms with Crippen LogP contribution in [0.3, 0.4) is 0 Å². The number of aliphatic hydroxyl groups is 1. The van der Waals surface area contributed by atoms with Gasteiger partial charge in [-0.3, -0.25) is 9.00 Å². The van der Waals surface area contributed by atoms with E-state index in [4.69, 9.17) is 4.74 Å². The van der Waals surface area contributed by atoms with Crippen LogP contribution in [0, 0.1) is 5.41 Å². The summed E-state index contributed by atoms with van der Waals surface area (Å²) in [5.41, 5.74) is 2.75. The first kappa shape index (κ1) is 26.5. The molecule has 2 aromatic rings. The van der Waals surface area contributed by atoms with Crippen LogP contribution >= 0.6 is 0 Å². The molecule has 1 amide bonds. The minimum absolute atomic E-state index is 0.0477. The fourth-order valence-electron chi connectivity index (χ4n) is 5.69. The molecule has 2 atom stereocenters. The van der Waals surface area contributed by atoms with E-state index in [2.05, 4.69) is 25.4 Å². The Morgan fingerprint density at radius 2 is 1.90 bits per heavy atom. The van der Waals surface area contributed by atoms with Gasteiger partial charge >= 0.3 is 0 Å². The van der Waals surface area contributed by atoms with Crippen LogP contribution in [0.5, 0.6) is 0 Å². The Bertz CT molecular complexity index is 1240. The summed E-state index contributed by atoms with van der Waals surface area (Å²) in [7, 11) is 0. The molecular formula is C28H36N5O5S-. The van der Waals surface area contributed by atoms with Crippen molar-refractivity contribution >= 4 is 40.0 Å². The monoisotopic (exact) mass is 554 g/mol. The summed E-state index contributed by atoms with van der Waals surface area (Å²) in [6.07, 6.45) is 5.95. The van der Waals surface area contributed by atoms with Crippen molar-refractivity contribution in [3.63, 3.8) is 0 Å². The van der Waals surface area contributed by atoms with E-state index in [0.29, 0.717) is 55.9 Å². The molecule has 3 heterocycles. The number of aliphatic hydroxyl groups excluding tert-OH is 1. The molecule has 2 aliphatic heterocycles. The van der Waals surface area contributed by atoms with Crippen LogP contribution in [0.4, 0.5) is 23.0 Å². The molecule has 6 rings (SSSR count). The summed E-state index contributed by atoms with van der Waals surface area (Å²) in [5.74, 6) is 0.953. The molecule has 3 N–H and O–H groups in total. The minimum Gasteiger partial charge on any atom is -0.772 e. The van der Waals surface area contributed by atoms with Crippen molar-refractivity contribution in [1.82, 2.24) is 4.98 Å². The van der Waals surface area contributed by atoms with E-state index in [9.17, 15) is 18.7 Å². The number of piperidine rings is 1. The zero-order valence-corrected chi connectivity index (χ0v) is 22.9. The van der Waals surface area contributed by atoms with Crippen molar-refractivity contribution in [2.75, 3.05) is 66.4 Å². The van der Waals surface area contributed by atoms with Crippen LogP contribution in [-0.2, 0) is 15.8 Å². The van der Waals surface area contributed by atoms with Crippen molar-refractivity contribution in [3.8, 4) is 0 Å². The quantitative estimate of drug-likeness (QED) is 0.401. The van der Waals surface area contributed by atoms with Crippen LogP contribution in [0.1, 0.15) is 48.9 Å². The maximum absolute atomic E-state index is 13.6. The molecule has 1 unspecified atom stereocenters. The lowest BCUT2D eigenvalue weighted by Crippen LogP contribution is -2.44. The van der Waals surface area contributed by atoms with Crippen LogP contribution < -0.4 is 20.4 Å². The summed E-state index contributed by atoms with van der Waals surface area (Å²) >= 11 is -2.11. The lowest BCUT2D eigenvalue weighted by atomic mass is 9.93. The average molecular weight is 555 g/mol. The van der Waals surface area contributed by atoms with E-state index in [1.807, 2.05) is 30.3 Å². The second kappa shape index (κ2) is 10.7. The SMILES string of the molecule is O=C(Nc1cccc(N2CCO[C@@H](CO)C2)n1)c1ccc(NCC2(S(=O)[O-])CC2)cc1N1CCC2(CC1)CC2. The first-order chi connectivity index (χ1) is 18.9. The highest BCUT2D eigenvalue weighted by Crippen LogP contribution is 2.54. The molecule has 0 radical (unpaired) electrons. The molecule has 210 valence electrons. The van der Waals surface area contributed by atoms with Gasteiger partial charge in [-0.2, -0.15) is 0 Å². The fraction of sp³-hybridized carbons (Fsp3) is 0.571. The normalized spacial score (nSPS) is 23.8. The number of carbonyl (C=O) groups excluding carboxylic acids is 1. The second-order valence-corrected chi connectivity index (χ2v) is 12.8. The molecule has 1 aromatic carbocycles. The molecular weight excluding hydrogens is 518 g/mol. The Balaban J connectivity index is 1.20. The van der Waals surface area contributed by atoms with Gasteiger partial charge in [0.15, 0.2) is 0 Å². The first-order valence-corrected chi connectivity index (χ1v) is 14.9. The number of anilines is 4. The molecule has 4 fully saturated rings. The van der Waals surface area contributed by atoms with Crippen LogP contribution in [0.2, 0.25) is 0 Å². The highest BCUT2D eigenvalue weighted by atomic mass is 32.2. The van der Waals surface area contributed by atoms with Crippen molar-refractivity contribution in [2.45, 2.75) is 49.4 Å². The van der Waals surface area contributed by atoms with Gasteiger partial charge in [-0.05, 0) is 85.4 Å². The third-order valence-electron chi connectivity index (χ3n) is 8.78. The summed E-state index contributed by atoms with van der Waals surface area (Å²) < 4.78 is 28.1. The van der Waals surface area contributed by atoms with Crippen molar-refractivity contribution in [2.24, 2.45) is 5.41 Å². The Morgan fingerprint density at radius 1 is 1.10 bits per heavy atom. The third kappa shape index (κ3) is 5.77. The summed E-state index contributed by atoms with van der Waals surface area (Å²) in [4.78, 5) is 22.6. The number of carbonyl (C=O) groups is 1. The average Bonchev–Trinajstić information content (AvgIpc) is 3.90. The van der Waals surface area contributed by atoms with Crippen LogP contribution in [-0.4, -0.2) is 81.5 Å². The number of amides is 1. The number of nitrogens with zero attached hydrogens (tertiary/aromatic N) is 3. The molecule has 4 aliphatic rings. The molecule has 2 saturated heterocycles. The number of hydrogen-bond acceptors (Lipinski definition) is 9. The third-order valence-corrected chi connectivity index (χ3v) is 10.0. The minimum atomic E-state index is -2.11. The van der Waals surface area contributed by atoms with Gasteiger partial charge in [-0.1, -0.05) is 6.07 Å². The van der Waals surface area contributed by atoms with E-state index in [0.717, 1.165) is 43.1 Å². The fourth-order valence-corrected chi connectivity index (χ4v) is 6.31. The number of pyridine rings is 1. The predicted molar refractivity (Wildman–Crippen MR) is 150 cm³/mol. The highest BCUT2D eigenvalue weighted by molar-refractivity contribution is 7.81. The molecule has 1 spiro atoms. The summed E-state index contributed by atoms with van der Waals surface area (Å²) in [6.45, 7) is 3.83. The molecule has 2 saturated carbocycles. The van der Waals surface area contributed by atoms with Gasteiger partial charge in [-0.15, -0.1) is 0 Å². The molecule has 2 aliphatic carbocycles. The van der Waals surface area contributed by atoms with Crippen LogP contribution in [0.15, 0.2) is 36.4 Å². The van der Waals surface area contributed by atoms with E-state index in [1.165, 1.54) is 12.8 Å². The number of hydrogen-bond donors (Lipinski definition) is 3. The maximum Gasteiger partial charge on any atom is 0.258 e. The predicted octanol–water partition coefficient (Wildman–Crippen LogP) is 2.74. The number of ether oxygens (including phenoxy) is 1. The standard InChI is InChI=1S/C28H37N5O5S/c34-18-21-17-33(14-15-38-21)25-3-1-2-24(30-25)31-26(35)22-5-4-20(29-19-28(8-9-28)39(36)37)16-23(22)32-12-10-27(6-7-27)11-13-32/h1-5,16,21,29,34H,6-15,17-19H2,(H,36,37)(H,30,31,35)/p-1/t21-/m1/s1. The maximum atomic E-state index is 13.6. The Hall–Kier alpha value is -2.73. The number of nitrogens with one attached hydrogen (secondary N) is 2. The molecule has 11 heteroatoms. The van der Waals surface area contributed by atoms with Gasteiger partial charge in [0.2, 0.25) is 0 Å². The van der Waals surface area contributed by atoms with E-state index >= 15 is 0 Å². The Labute approximate surface area is 231 Å².